The van der Waals surface area contributed by atoms with E-state index in [0.29, 0.717) is 17.6 Å². The first-order chi connectivity index (χ1) is 8.58. The van der Waals surface area contributed by atoms with Gasteiger partial charge in [0.05, 0.1) is 17.8 Å². The molecular formula is C14H15ClFNO. The van der Waals surface area contributed by atoms with E-state index < -0.39 is 0 Å². The van der Waals surface area contributed by atoms with Crippen LogP contribution in [0, 0.1) is 5.82 Å². The van der Waals surface area contributed by atoms with Crippen LogP contribution in [0.5, 0.6) is 0 Å². The average Bonchev–Trinajstić information content (AvgIpc) is 2.74. The predicted molar refractivity (Wildman–Crippen MR) is 71.1 cm³/mol. The van der Waals surface area contributed by atoms with Crippen molar-refractivity contribution in [3.63, 3.8) is 0 Å². The third-order valence-corrected chi connectivity index (χ3v) is 2.95. The number of hydrogen-bond donors (Lipinski definition) is 1. The molecule has 1 aromatic heterocycles. The van der Waals surface area contributed by atoms with Crippen LogP contribution in [0.3, 0.4) is 0 Å². The van der Waals surface area contributed by atoms with E-state index in [1.807, 2.05) is 6.07 Å². The van der Waals surface area contributed by atoms with Gasteiger partial charge in [-0.25, -0.2) is 4.39 Å². The fraction of sp³-hybridized carbons (Fsp3) is 0.286. The lowest BCUT2D eigenvalue weighted by Gasteiger charge is -2.09. The Morgan fingerprint density at radius 3 is 2.72 bits per heavy atom. The van der Waals surface area contributed by atoms with Crippen molar-refractivity contribution in [2.75, 3.05) is 0 Å². The minimum atomic E-state index is -0.339. The largest absolute Gasteiger partial charge is 0.467 e. The molecule has 1 heterocycles. The van der Waals surface area contributed by atoms with Crippen LogP contribution in [-0.2, 0) is 6.54 Å². The molecule has 0 amide bonds. The molecule has 0 spiro atoms. The van der Waals surface area contributed by atoms with Crippen LogP contribution in [0.25, 0.3) is 11.1 Å². The highest BCUT2D eigenvalue weighted by Gasteiger charge is 2.12. The third-order valence-electron chi connectivity index (χ3n) is 2.64. The van der Waals surface area contributed by atoms with Gasteiger partial charge in [0.1, 0.15) is 11.6 Å². The molecule has 96 valence electrons. The monoisotopic (exact) mass is 267 g/mol. The first kappa shape index (κ1) is 13.1. The summed E-state index contributed by atoms with van der Waals surface area (Å²) < 4.78 is 18.5. The van der Waals surface area contributed by atoms with Crippen molar-refractivity contribution in [1.82, 2.24) is 5.32 Å². The standard InChI is InChI=1S/C14H15ClFNO/c1-9(2)17-8-14-12(5-6-18-14)11-4-3-10(16)7-13(11)15/h3-7,9,17H,8H2,1-2H3. The highest BCUT2D eigenvalue weighted by molar-refractivity contribution is 6.33. The molecule has 0 radical (unpaired) electrons. The van der Waals surface area contributed by atoms with E-state index in [1.54, 1.807) is 12.3 Å². The Kier molecular flexibility index (Phi) is 4.04. The molecule has 0 fully saturated rings. The number of hydrogen-bond acceptors (Lipinski definition) is 2. The lowest BCUT2D eigenvalue weighted by Crippen LogP contribution is -2.21. The van der Waals surface area contributed by atoms with E-state index in [9.17, 15) is 4.39 Å². The molecule has 0 aliphatic rings. The van der Waals surface area contributed by atoms with Gasteiger partial charge in [0.25, 0.3) is 0 Å². The molecule has 0 saturated carbocycles. The molecule has 18 heavy (non-hydrogen) atoms. The van der Waals surface area contributed by atoms with Gasteiger partial charge < -0.3 is 9.73 Å². The van der Waals surface area contributed by atoms with Gasteiger partial charge in [-0.05, 0) is 24.3 Å². The zero-order valence-corrected chi connectivity index (χ0v) is 11.1. The van der Waals surface area contributed by atoms with Crippen molar-refractivity contribution in [1.29, 1.82) is 0 Å². The van der Waals surface area contributed by atoms with E-state index in [2.05, 4.69) is 19.2 Å². The SMILES string of the molecule is CC(C)NCc1occc1-c1ccc(F)cc1Cl. The quantitative estimate of drug-likeness (QED) is 0.896. The van der Waals surface area contributed by atoms with E-state index in [1.165, 1.54) is 12.1 Å². The van der Waals surface area contributed by atoms with Crippen molar-refractivity contribution in [2.24, 2.45) is 0 Å². The predicted octanol–water partition coefficient (Wildman–Crippen LogP) is 4.24. The fourth-order valence-corrected chi connectivity index (χ4v) is 1.99. The first-order valence-corrected chi connectivity index (χ1v) is 6.21. The molecule has 0 saturated heterocycles. The number of furan rings is 1. The molecule has 2 rings (SSSR count). The Balaban J connectivity index is 2.30. The maximum Gasteiger partial charge on any atom is 0.125 e. The molecule has 0 aliphatic carbocycles. The second-order valence-electron chi connectivity index (χ2n) is 4.42. The van der Waals surface area contributed by atoms with E-state index in [-0.39, 0.29) is 5.82 Å². The van der Waals surface area contributed by atoms with Crippen molar-refractivity contribution >= 4 is 11.6 Å². The Morgan fingerprint density at radius 1 is 1.28 bits per heavy atom. The summed E-state index contributed by atoms with van der Waals surface area (Å²) in [5, 5.41) is 3.67. The average molecular weight is 268 g/mol. The summed E-state index contributed by atoms with van der Waals surface area (Å²) in [6.07, 6.45) is 1.62. The molecule has 2 aromatic rings. The smallest absolute Gasteiger partial charge is 0.125 e. The molecule has 0 bridgehead atoms. The van der Waals surface area contributed by atoms with Gasteiger partial charge in [-0.15, -0.1) is 0 Å². The Morgan fingerprint density at radius 2 is 2.06 bits per heavy atom. The van der Waals surface area contributed by atoms with Crippen molar-refractivity contribution in [2.45, 2.75) is 26.4 Å². The second kappa shape index (κ2) is 5.55. The summed E-state index contributed by atoms with van der Waals surface area (Å²) in [5.41, 5.74) is 1.68. The molecular weight excluding hydrogens is 253 g/mol. The summed E-state index contributed by atoms with van der Waals surface area (Å²) in [7, 11) is 0. The topological polar surface area (TPSA) is 25.2 Å². The highest BCUT2D eigenvalue weighted by Crippen LogP contribution is 2.31. The Hall–Kier alpha value is -1.32. The lowest BCUT2D eigenvalue weighted by atomic mass is 10.1. The first-order valence-electron chi connectivity index (χ1n) is 5.83. The molecule has 1 aromatic carbocycles. The van der Waals surface area contributed by atoms with Gasteiger partial charge >= 0.3 is 0 Å². The Labute approximate surface area is 111 Å². The van der Waals surface area contributed by atoms with Crippen LogP contribution in [0.15, 0.2) is 34.9 Å². The van der Waals surface area contributed by atoms with E-state index in [0.717, 1.165) is 16.9 Å². The minimum Gasteiger partial charge on any atom is -0.467 e. The molecule has 0 aliphatic heterocycles. The summed E-state index contributed by atoms with van der Waals surface area (Å²) >= 11 is 6.05. The molecule has 1 N–H and O–H groups in total. The number of benzene rings is 1. The summed E-state index contributed by atoms with van der Waals surface area (Å²) in [5.74, 6) is 0.464. The van der Waals surface area contributed by atoms with Gasteiger partial charge in [-0.3, -0.25) is 0 Å². The molecule has 4 heteroatoms. The molecule has 0 atom stereocenters. The lowest BCUT2D eigenvalue weighted by molar-refractivity contribution is 0.466. The summed E-state index contributed by atoms with van der Waals surface area (Å²) in [4.78, 5) is 0. The maximum absolute atomic E-state index is 13.0. The van der Waals surface area contributed by atoms with Gasteiger partial charge in [-0.1, -0.05) is 25.4 Å². The molecule has 2 nitrogen and oxygen atoms in total. The van der Waals surface area contributed by atoms with E-state index in [4.69, 9.17) is 16.0 Å². The van der Waals surface area contributed by atoms with Crippen LogP contribution in [0.2, 0.25) is 5.02 Å². The van der Waals surface area contributed by atoms with Gasteiger partial charge in [-0.2, -0.15) is 0 Å². The fourth-order valence-electron chi connectivity index (χ4n) is 1.72. The third kappa shape index (κ3) is 2.92. The minimum absolute atomic E-state index is 0.339. The normalized spacial score (nSPS) is 11.2. The van der Waals surface area contributed by atoms with Crippen molar-refractivity contribution < 1.29 is 8.81 Å². The van der Waals surface area contributed by atoms with Gasteiger partial charge in [0.15, 0.2) is 0 Å². The van der Waals surface area contributed by atoms with Crippen LogP contribution < -0.4 is 5.32 Å². The van der Waals surface area contributed by atoms with Crippen LogP contribution in [-0.4, -0.2) is 6.04 Å². The van der Waals surface area contributed by atoms with E-state index >= 15 is 0 Å². The van der Waals surface area contributed by atoms with Crippen LogP contribution in [0.4, 0.5) is 4.39 Å². The zero-order chi connectivity index (χ0) is 13.1. The molecule has 0 unspecified atom stereocenters. The van der Waals surface area contributed by atoms with Crippen LogP contribution in [0.1, 0.15) is 19.6 Å². The van der Waals surface area contributed by atoms with Crippen molar-refractivity contribution in [3.8, 4) is 11.1 Å². The Bertz CT molecular complexity index is 536. The zero-order valence-electron chi connectivity index (χ0n) is 10.3. The summed E-state index contributed by atoms with van der Waals surface area (Å²) in [6, 6.07) is 6.58. The second-order valence-corrected chi connectivity index (χ2v) is 4.82. The van der Waals surface area contributed by atoms with Gasteiger partial charge in [0, 0.05) is 17.2 Å². The maximum atomic E-state index is 13.0. The highest BCUT2D eigenvalue weighted by atomic mass is 35.5. The van der Waals surface area contributed by atoms with Gasteiger partial charge in [0.2, 0.25) is 0 Å². The van der Waals surface area contributed by atoms with Crippen LogP contribution >= 0.6 is 11.6 Å². The van der Waals surface area contributed by atoms with Crippen molar-refractivity contribution in [3.05, 3.63) is 47.1 Å². The number of halogens is 2. The number of nitrogens with one attached hydrogen (secondary N) is 1. The summed E-state index contributed by atoms with van der Waals surface area (Å²) in [6.45, 7) is 4.74. The number of rotatable bonds is 4.